The van der Waals surface area contributed by atoms with Gasteiger partial charge in [-0.2, -0.15) is 0 Å². The number of rotatable bonds is 5. The van der Waals surface area contributed by atoms with Crippen LogP contribution >= 0.6 is 35.3 Å². The van der Waals surface area contributed by atoms with Gasteiger partial charge in [0.15, 0.2) is 5.96 Å². The molecule has 0 aliphatic carbocycles. The molecule has 0 saturated carbocycles. The van der Waals surface area contributed by atoms with Crippen molar-refractivity contribution in [2.45, 2.75) is 39.2 Å². The molecule has 0 bridgehead atoms. The molecule has 1 saturated heterocycles. The first kappa shape index (κ1) is 20.6. The first-order valence-electron chi connectivity index (χ1n) is 8.15. The maximum absolute atomic E-state index is 4.64. The fourth-order valence-electron chi connectivity index (χ4n) is 2.56. The quantitative estimate of drug-likeness (QED) is 0.411. The minimum Gasteiger partial charge on any atom is -0.356 e. The summed E-state index contributed by atoms with van der Waals surface area (Å²) in [5.41, 5.74) is 1.18. The van der Waals surface area contributed by atoms with Gasteiger partial charge < -0.3 is 15.5 Å². The number of guanidine groups is 1. The molecule has 1 aliphatic rings. The van der Waals surface area contributed by atoms with E-state index in [1.54, 1.807) is 11.3 Å². The van der Waals surface area contributed by atoms with E-state index in [2.05, 4.69) is 51.8 Å². The third-order valence-corrected chi connectivity index (χ3v) is 5.06. The Hall–Kier alpha value is -0.410. The summed E-state index contributed by atoms with van der Waals surface area (Å²) in [6.45, 7) is 8.50. The van der Waals surface area contributed by atoms with E-state index in [0.29, 0.717) is 5.92 Å². The lowest BCUT2D eigenvalue weighted by Gasteiger charge is -2.29. The summed E-state index contributed by atoms with van der Waals surface area (Å²) >= 11 is 1.71. The van der Waals surface area contributed by atoms with Crippen molar-refractivity contribution >= 4 is 41.3 Å². The van der Waals surface area contributed by atoms with E-state index in [1.165, 1.54) is 31.6 Å². The van der Waals surface area contributed by atoms with E-state index in [4.69, 9.17) is 0 Å². The van der Waals surface area contributed by atoms with Crippen molar-refractivity contribution in [1.29, 1.82) is 0 Å². The number of aromatic nitrogens is 1. The van der Waals surface area contributed by atoms with Crippen molar-refractivity contribution in [3.05, 3.63) is 16.1 Å². The zero-order valence-corrected chi connectivity index (χ0v) is 17.8. The average molecular weight is 451 g/mol. The highest BCUT2D eigenvalue weighted by molar-refractivity contribution is 14.0. The van der Waals surface area contributed by atoms with Crippen LogP contribution in [-0.2, 0) is 6.54 Å². The van der Waals surface area contributed by atoms with Crippen LogP contribution in [0.1, 0.15) is 43.3 Å². The highest BCUT2D eigenvalue weighted by atomic mass is 127. The van der Waals surface area contributed by atoms with Crippen molar-refractivity contribution in [3.63, 3.8) is 0 Å². The minimum absolute atomic E-state index is 0. The molecule has 23 heavy (non-hydrogen) atoms. The van der Waals surface area contributed by atoms with Gasteiger partial charge in [0, 0.05) is 19.0 Å². The number of nitrogens with zero attached hydrogens (tertiary/aromatic N) is 3. The highest BCUT2D eigenvalue weighted by Gasteiger charge is 2.16. The number of aliphatic imine (C=N–C) groups is 1. The third-order valence-electron chi connectivity index (χ3n) is 4.19. The average Bonchev–Trinajstić information content (AvgIpc) is 2.98. The fraction of sp³-hybridized carbons (Fsp3) is 0.750. The number of hydrogen-bond acceptors (Lipinski definition) is 4. The monoisotopic (exact) mass is 451 g/mol. The summed E-state index contributed by atoms with van der Waals surface area (Å²) in [5, 5.41) is 10.1. The van der Waals surface area contributed by atoms with Gasteiger partial charge in [-0.3, -0.25) is 4.99 Å². The van der Waals surface area contributed by atoms with Crippen LogP contribution in [0.3, 0.4) is 0 Å². The molecule has 132 valence electrons. The van der Waals surface area contributed by atoms with E-state index in [-0.39, 0.29) is 24.0 Å². The Kier molecular flexibility index (Phi) is 9.38. The molecular formula is C16H30IN5S. The SMILES string of the molecule is CN=C(NCc1nc(C(C)C)cs1)NCC1CCN(C)CC1.I. The number of thiazole rings is 1. The van der Waals surface area contributed by atoms with Crippen LogP contribution in [0.4, 0.5) is 0 Å². The molecule has 2 heterocycles. The Morgan fingerprint density at radius 2 is 2.09 bits per heavy atom. The third kappa shape index (κ3) is 6.93. The molecule has 0 radical (unpaired) electrons. The molecular weight excluding hydrogens is 421 g/mol. The van der Waals surface area contributed by atoms with Crippen molar-refractivity contribution in [1.82, 2.24) is 20.5 Å². The molecule has 1 fully saturated rings. The molecule has 2 N–H and O–H groups in total. The number of hydrogen-bond donors (Lipinski definition) is 2. The fourth-order valence-corrected chi connectivity index (χ4v) is 3.45. The van der Waals surface area contributed by atoms with E-state index < -0.39 is 0 Å². The van der Waals surface area contributed by atoms with Crippen molar-refractivity contribution in [2.24, 2.45) is 10.9 Å². The number of halogens is 1. The molecule has 1 aliphatic heterocycles. The van der Waals surface area contributed by atoms with E-state index >= 15 is 0 Å². The predicted molar refractivity (Wildman–Crippen MR) is 110 cm³/mol. The first-order chi connectivity index (χ1) is 10.6. The Labute approximate surface area is 161 Å². The largest absolute Gasteiger partial charge is 0.356 e. The zero-order chi connectivity index (χ0) is 15.9. The standard InChI is InChI=1S/C16H29N5S.HI/c1-12(2)14-11-22-15(20-14)10-19-16(17-3)18-9-13-5-7-21(4)8-6-13;/h11-13H,5-10H2,1-4H3,(H2,17,18,19);1H. The predicted octanol–water partition coefficient (Wildman–Crippen LogP) is 2.89. The normalized spacial score (nSPS) is 17.2. The van der Waals surface area contributed by atoms with Crippen molar-refractivity contribution in [2.75, 3.05) is 33.7 Å². The maximum atomic E-state index is 4.64. The Bertz CT molecular complexity index is 481. The topological polar surface area (TPSA) is 52.6 Å². The summed E-state index contributed by atoms with van der Waals surface area (Å²) in [5.74, 6) is 2.12. The van der Waals surface area contributed by atoms with Crippen LogP contribution in [-0.4, -0.2) is 49.6 Å². The van der Waals surface area contributed by atoms with Crippen molar-refractivity contribution < 1.29 is 0 Å². The number of nitrogens with one attached hydrogen (secondary N) is 2. The van der Waals surface area contributed by atoms with E-state index in [0.717, 1.165) is 30.0 Å². The molecule has 0 amide bonds. The first-order valence-corrected chi connectivity index (χ1v) is 9.03. The van der Waals surface area contributed by atoms with Crippen LogP contribution in [0, 0.1) is 5.92 Å². The van der Waals surface area contributed by atoms with Gasteiger partial charge in [0.2, 0.25) is 0 Å². The van der Waals surface area contributed by atoms with Gasteiger partial charge in [0.25, 0.3) is 0 Å². The lowest BCUT2D eigenvalue weighted by atomic mass is 9.97. The molecule has 7 heteroatoms. The molecule has 0 spiro atoms. The van der Waals surface area contributed by atoms with Crippen LogP contribution in [0.15, 0.2) is 10.4 Å². The number of likely N-dealkylation sites (tertiary alicyclic amines) is 1. The second kappa shape index (κ2) is 10.5. The Balaban J connectivity index is 0.00000264. The molecule has 0 aromatic carbocycles. The smallest absolute Gasteiger partial charge is 0.191 e. The molecule has 0 unspecified atom stereocenters. The summed E-state index contributed by atoms with van der Waals surface area (Å²) in [7, 11) is 4.02. The van der Waals surface area contributed by atoms with Crippen LogP contribution in [0.5, 0.6) is 0 Å². The van der Waals surface area contributed by atoms with Crippen LogP contribution in [0.2, 0.25) is 0 Å². The van der Waals surface area contributed by atoms with Crippen LogP contribution in [0.25, 0.3) is 0 Å². The maximum Gasteiger partial charge on any atom is 0.191 e. The molecule has 2 rings (SSSR count). The van der Waals surface area contributed by atoms with Gasteiger partial charge >= 0.3 is 0 Å². The second-order valence-corrected chi connectivity index (χ2v) is 7.32. The Morgan fingerprint density at radius 3 is 2.65 bits per heavy atom. The van der Waals surface area contributed by atoms with Gasteiger partial charge in [-0.15, -0.1) is 35.3 Å². The summed E-state index contributed by atoms with van der Waals surface area (Å²) in [6.07, 6.45) is 2.54. The second-order valence-electron chi connectivity index (χ2n) is 6.37. The van der Waals surface area contributed by atoms with Gasteiger partial charge in [-0.25, -0.2) is 4.98 Å². The highest BCUT2D eigenvalue weighted by Crippen LogP contribution is 2.17. The summed E-state index contributed by atoms with van der Waals surface area (Å²) < 4.78 is 0. The molecule has 1 aromatic rings. The molecule has 5 nitrogen and oxygen atoms in total. The zero-order valence-electron chi connectivity index (χ0n) is 14.6. The van der Waals surface area contributed by atoms with Gasteiger partial charge in [0.1, 0.15) is 5.01 Å². The summed E-state index contributed by atoms with van der Waals surface area (Å²) in [4.78, 5) is 11.3. The Morgan fingerprint density at radius 1 is 1.39 bits per heavy atom. The molecule has 0 atom stereocenters. The van der Waals surface area contributed by atoms with Gasteiger partial charge in [-0.1, -0.05) is 13.8 Å². The number of piperidine rings is 1. The summed E-state index contributed by atoms with van der Waals surface area (Å²) in [6, 6.07) is 0. The van der Waals surface area contributed by atoms with E-state index in [9.17, 15) is 0 Å². The van der Waals surface area contributed by atoms with Gasteiger partial charge in [0.05, 0.1) is 12.2 Å². The van der Waals surface area contributed by atoms with Gasteiger partial charge in [-0.05, 0) is 44.8 Å². The minimum atomic E-state index is 0. The van der Waals surface area contributed by atoms with Crippen molar-refractivity contribution in [3.8, 4) is 0 Å². The molecule has 1 aromatic heterocycles. The lowest BCUT2D eigenvalue weighted by molar-refractivity contribution is 0.220. The van der Waals surface area contributed by atoms with E-state index in [1.807, 2.05) is 7.05 Å². The van der Waals surface area contributed by atoms with Crippen LogP contribution < -0.4 is 10.6 Å². The lowest BCUT2D eigenvalue weighted by Crippen LogP contribution is -2.42.